The Morgan fingerprint density at radius 1 is 1.24 bits per heavy atom. The zero-order valence-corrected chi connectivity index (χ0v) is 13.2. The zero-order valence-electron chi connectivity index (χ0n) is 13.2. The fraction of sp³-hybridized carbons (Fsp3) is 0.562. The van der Waals surface area contributed by atoms with Gasteiger partial charge in [0.25, 0.3) is 0 Å². The number of nitrogens with zero attached hydrogens (tertiary/aromatic N) is 1. The number of carbonyl (C=O) groups excluding carboxylic acids is 1. The molecular weight excluding hydrogens is 269 g/mol. The van der Waals surface area contributed by atoms with Crippen LogP contribution in [0, 0.1) is 5.82 Å². The van der Waals surface area contributed by atoms with Crippen LogP contribution in [0.2, 0.25) is 0 Å². The molecule has 0 radical (unpaired) electrons. The summed E-state index contributed by atoms with van der Waals surface area (Å²) in [5.41, 5.74) is 1.36. The highest BCUT2D eigenvalue weighted by atomic mass is 19.1. The molecular formula is C16H26FN3O. The van der Waals surface area contributed by atoms with Crippen molar-refractivity contribution < 1.29 is 9.18 Å². The number of hydrogen-bond donors (Lipinski definition) is 2. The van der Waals surface area contributed by atoms with Crippen LogP contribution in [-0.2, 0) is 11.3 Å². The molecule has 21 heavy (non-hydrogen) atoms. The maximum atomic E-state index is 14.1. The predicted molar refractivity (Wildman–Crippen MR) is 85.0 cm³/mol. The molecule has 0 bridgehead atoms. The Bertz CT molecular complexity index is 451. The second-order valence-corrected chi connectivity index (χ2v) is 5.17. The van der Waals surface area contributed by atoms with Gasteiger partial charge in [0.15, 0.2) is 0 Å². The van der Waals surface area contributed by atoms with Gasteiger partial charge in [-0.15, -0.1) is 0 Å². The fourth-order valence-corrected chi connectivity index (χ4v) is 2.00. The van der Waals surface area contributed by atoms with Crippen molar-refractivity contribution in [2.75, 3.05) is 31.6 Å². The quantitative estimate of drug-likeness (QED) is 0.687. The zero-order chi connectivity index (χ0) is 15.7. The van der Waals surface area contributed by atoms with Gasteiger partial charge in [0.05, 0.1) is 12.2 Å². The lowest BCUT2D eigenvalue weighted by atomic mass is 10.2. The van der Waals surface area contributed by atoms with Crippen molar-refractivity contribution in [3.05, 3.63) is 29.6 Å². The minimum absolute atomic E-state index is 0.0903. The Kier molecular flexibility index (Phi) is 7.75. The number of nitrogens with one attached hydrogen (secondary N) is 2. The van der Waals surface area contributed by atoms with Crippen LogP contribution in [0.3, 0.4) is 0 Å². The lowest BCUT2D eigenvalue weighted by Gasteiger charge is -2.20. The molecule has 5 heteroatoms. The average molecular weight is 295 g/mol. The van der Waals surface area contributed by atoms with Crippen molar-refractivity contribution in [3.63, 3.8) is 0 Å². The van der Waals surface area contributed by atoms with Crippen molar-refractivity contribution in [1.82, 2.24) is 10.6 Å². The third-order valence-corrected chi connectivity index (χ3v) is 3.13. The summed E-state index contributed by atoms with van der Waals surface area (Å²) in [6, 6.07) is 5.14. The summed E-state index contributed by atoms with van der Waals surface area (Å²) in [4.78, 5) is 13.3. The average Bonchev–Trinajstić information content (AvgIpc) is 2.45. The van der Waals surface area contributed by atoms with E-state index in [0.29, 0.717) is 18.8 Å². The van der Waals surface area contributed by atoms with Crippen LogP contribution in [-0.4, -0.2) is 32.6 Å². The van der Waals surface area contributed by atoms with E-state index in [0.717, 1.165) is 24.9 Å². The lowest BCUT2D eigenvalue weighted by Crippen LogP contribution is -2.35. The van der Waals surface area contributed by atoms with Gasteiger partial charge in [-0.2, -0.15) is 0 Å². The normalized spacial score (nSPS) is 10.5. The van der Waals surface area contributed by atoms with Crippen molar-refractivity contribution in [2.24, 2.45) is 0 Å². The van der Waals surface area contributed by atoms with Crippen molar-refractivity contribution in [3.8, 4) is 0 Å². The van der Waals surface area contributed by atoms with Crippen LogP contribution in [0.25, 0.3) is 0 Å². The number of carbonyl (C=O) groups is 1. The highest BCUT2D eigenvalue weighted by Gasteiger charge is 2.11. The maximum Gasteiger partial charge on any atom is 0.239 e. The van der Waals surface area contributed by atoms with E-state index < -0.39 is 0 Å². The van der Waals surface area contributed by atoms with Crippen LogP contribution in [0.15, 0.2) is 18.2 Å². The molecule has 0 aromatic heterocycles. The molecule has 1 amide bonds. The van der Waals surface area contributed by atoms with Crippen molar-refractivity contribution in [2.45, 2.75) is 33.2 Å². The maximum absolute atomic E-state index is 14.1. The van der Waals surface area contributed by atoms with E-state index in [-0.39, 0.29) is 18.3 Å². The Morgan fingerprint density at radius 3 is 2.57 bits per heavy atom. The summed E-state index contributed by atoms with van der Waals surface area (Å²) in [5.74, 6) is -0.385. The number of halogens is 1. The van der Waals surface area contributed by atoms with Crippen LogP contribution in [0.4, 0.5) is 10.1 Å². The molecule has 1 aromatic carbocycles. The lowest BCUT2D eigenvalue weighted by molar-refractivity contribution is -0.119. The highest BCUT2D eigenvalue weighted by molar-refractivity contribution is 5.81. The van der Waals surface area contributed by atoms with Gasteiger partial charge in [0.2, 0.25) is 5.91 Å². The van der Waals surface area contributed by atoms with Gasteiger partial charge in [0, 0.05) is 20.1 Å². The number of likely N-dealkylation sites (N-methyl/N-ethyl adjacent to an activating group) is 1. The summed E-state index contributed by atoms with van der Waals surface area (Å²) in [6.07, 6.45) is 1.94. The first-order chi connectivity index (χ1) is 10.1. The van der Waals surface area contributed by atoms with Crippen LogP contribution >= 0.6 is 0 Å². The van der Waals surface area contributed by atoms with Crippen LogP contribution in [0.5, 0.6) is 0 Å². The van der Waals surface area contributed by atoms with Gasteiger partial charge in [-0.3, -0.25) is 4.79 Å². The molecule has 1 aromatic rings. The SMILES string of the molecule is CCCNCc1ccc(N(C)CC(=O)NCCC)c(F)c1. The molecule has 2 N–H and O–H groups in total. The monoisotopic (exact) mass is 295 g/mol. The summed E-state index contributed by atoms with van der Waals surface area (Å²) in [5, 5.41) is 6.02. The Morgan fingerprint density at radius 2 is 1.95 bits per heavy atom. The van der Waals surface area contributed by atoms with E-state index in [2.05, 4.69) is 17.6 Å². The third-order valence-electron chi connectivity index (χ3n) is 3.13. The van der Waals surface area contributed by atoms with E-state index in [4.69, 9.17) is 0 Å². The Hall–Kier alpha value is -1.62. The number of amides is 1. The molecule has 0 aliphatic rings. The molecule has 0 heterocycles. The third kappa shape index (κ3) is 6.12. The summed E-state index contributed by atoms with van der Waals surface area (Å²) < 4.78 is 14.1. The van der Waals surface area contributed by atoms with Gasteiger partial charge >= 0.3 is 0 Å². The molecule has 1 rings (SSSR count). The van der Waals surface area contributed by atoms with E-state index in [1.54, 1.807) is 18.0 Å². The van der Waals surface area contributed by atoms with Gasteiger partial charge < -0.3 is 15.5 Å². The van der Waals surface area contributed by atoms with E-state index >= 15 is 0 Å². The molecule has 118 valence electrons. The van der Waals surface area contributed by atoms with Gasteiger partial charge in [0.1, 0.15) is 5.82 Å². The topological polar surface area (TPSA) is 44.4 Å². The molecule has 0 unspecified atom stereocenters. The Labute approximate surface area is 126 Å². The molecule has 0 aliphatic carbocycles. The van der Waals surface area contributed by atoms with E-state index in [1.807, 2.05) is 13.0 Å². The highest BCUT2D eigenvalue weighted by Crippen LogP contribution is 2.19. The molecule has 0 aliphatic heterocycles. The minimum Gasteiger partial charge on any atom is -0.363 e. The van der Waals surface area contributed by atoms with Crippen molar-refractivity contribution in [1.29, 1.82) is 0 Å². The predicted octanol–water partition coefficient (Wildman–Crippen LogP) is 2.29. The largest absolute Gasteiger partial charge is 0.363 e. The standard InChI is InChI=1S/C16H26FN3O/c1-4-8-18-11-13-6-7-15(14(17)10-13)20(3)12-16(21)19-9-5-2/h6-7,10,18H,4-5,8-9,11-12H2,1-3H3,(H,19,21). The molecule has 0 saturated heterocycles. The summed E-state index contributed by atoms with van der Waals surface area (Å²) in [7, 11) is 1.72. The summed E-state index contributed by atoms with van der Waals surface area (Å²) >= 11 is 0. The first-order valence-corrected chi connectivity index (χ1v) is 7.55. The molecule has 0 fully saturated rings. The number of hydrogen-bond acceptors (Lipinski definition) is 3. The van der Waals surface area contributed by atoms with Gasteiger partial charge in [-0.05, 0) is 37.1 Å². The van der Waals surface area contributed by atoms with E-state index in [9.17, 15) is 9.18 Å². The second-order valence-electron chi connectivity index (χ2n) is 5.17. The van der Waals surface area contributed by atoms with Gasteiger partial charge in [-0.1, -0.05) is 19.9 Å². The minimum atomic E-state index is -0.295. The fourth-order valence-electron chi connectivity index (χ4n) is 2.00. The second kappa shape index (κ2) is 9.34. The van der Waals surface area contributed by atoms with E-state index in [1.165, 1.54) is 6.07 Å². The summed E-state index contributed by atoms with van der Waals surface area (Å²) in [6.45, 7) is 6.47. The van der Waals surface area contributed by atoms with Gasteiger partial charge in [-0.25, -0.2) is 4.39 Å². The molecule has 4 nitrogen and oxygen atoms in total. The first kappa shape index (κ1) is 17.4. The number of rotatable bonds is 9. The Balaban J connectivity index is 2.59. The molecule has 0 saturated carbocycles. The number of anilines is 1. The molecule has 0 spiro atoms. The van der Waals surface area contributed by atoms with Crippen molar-refractivity contribution >= 4 is 11.6 Å². The smallest absolute Gasteiger partial charge is 0.239 e. The van der Waals surface area contributed by atoms with Crippen LogP contribution < -0.4 is 15.5 Å². The molecule has 0 atom stereocenters. The number of benzene rings is 1. The first-order valence-electron chi connectivity index (χ1n) is 7.55. The van der Waals surface area contributed by atoms with Crippen LogP contribution in [0.1, 0.15) is 32.3 Å².